The van der Waals surface area contributed by atoms with Gasteiger partial charge in [0.2, 0.25) is 10.0 Å². The number of ether oxygens (including phenoxy) is 1. The number of carbonyl (C=O) groups excluding carboxylic acids is 1. The molecule has 0 aliphatic heterocycles. The number of hydrogen-bond donors (Lipinski definition) is 1. The molecular weight excluding hydrogens is 337 g/mol. The molecule has 5 nitrogen and oxygen atoms in total. The van der Waals surface area contributed by atoms with E-state index in [1.54, 1.807) is 20.8 Å². The van der Waals surface area contributed by atoms with Gasteiger partial charge < -0.3 is 4.74 Å². The highest BCUT2D eigenvalue weighted by atomic mass is 35.5. The highest BCUT2D eigenvalue weighted by molar-refractivity contribution is 7.89. The Morgan fingerprint density at radius 1 is 1.24 bits per heavy atom. The van der Waals surface area contributed by atoms with Crippen molar-refractivity contribution in [1.29, 1.82) is 0 Å². The number of benzene rings is 1. The van der Waals surface area contributed by atoms with Gasteiger partial charge in [-0.05, 0) is 39.8 Å². The van der Waals surface area contributed by atoms with Gasteiger partial charge in [0.1, 0.15) is 16.5 Å². The smallest absolute Gasteiger partial charge is 0.324 e. The lowest BCUT2D eigenvalue weighted by atomic mass is 10.2. The van der Waals surface area contributed by atoms with Crippen molar-refractivity contribution in [3.63, 3.8) is 0 Å². The van der Waals surface area contributed by atoms with E-state index in [2.05, 4.69) is 4.72 Å². The Balaban J connectivity index is 2.98. The van der Waals surface area contributed by atoms with Crippen LogP contribution in [0, 0.1) is 0 Å². The Bertz CT molecular complexity index is 618. The molecule has 1 N–H and O–H groups in total. The van der Waals surface area contributed by atoms with E-state index in [4.69, 9.17) is 27.9 Å². The predicted molar refractivity (Wildman–Crippen MR) is 82.1 cm³/mol. The summed E-state index contributed by atoms with van der Waals surface area (Å²) in [7, 11) is -4.04. The van der Waals surface area contributed by atoms with E-state index in [0.717, 1.165) is 0 Å². The molecule has 0 bridgehead atoms. The fourth-order valence-corrected chi connectivity index (χ4v) is 3.81. The fraction of sp³-hybridized carbons (Fsp3) is 0.462. The summed E-state index contributed by atoms with van der Waals surface area (Å²) < 4.78 is 31.8. The normalized spacial score (nSPS) is 13.8. The van der Waals surface area contributed by atoms with Gasteiger partial charge in [0.15, 0.2) is 0 Å². The molecular formula is C13H17Cl2NO4S. The van der Waals surface area contributed by atoms with Gasteiger partial charge in [-0.25, -0.2) is 8.42 Å². The van der Waals surface area contributed by atoms with Gasteiger partial charge in [-0.2, -0.15) is 4.72 Å². The van der Waals surface area contributed by atoms with Crippen molar-refractivity contribution in [3.05, 3.63) is 28.2 Å². The van der Waals surface area contributed by atoms with Crippen molar-refractivity contribution < 1.29 is 17.9 Å². The summed E-state index contributed by atoms with van der Waals surface area (Å²) in [5.41, 5.74) is -0.710. The van der Waals surface area contributed by atoms with Crippen LogP contribution < -0.4 is 4.72 Å². The Labute approximate surface area is 134 Å². The Morgan fingerprint density at radius 2 is 1.71 bits per heavy atom. The quantitative estimate of drug-likeness (QED) is 0.844. The maximum atomic E-state index is 12.3. The maximum Gasteiger partial charge on any atom is 0.324 e. The van der Waals surface area contributed by atoms with Gasteiger partial charge in [-0.3, -0.25) is 4.79 Å². The summed E-state index contributed by atoms with van der Waals surface area (Å²) in [6, 6.07) is 3.27. The molecule has 0 amide bonds. The van der Waals surface area contributed by atoms with E-state index in [9.17, 15) is 13.2 Å². The minimum absolute atomic E-state index is 0.0219. The molecule has 0 aliphatic carbocycles. The summed E-state index contributed by atoms with van der Waals surface area (Å²) in [5.74, 6) is -0.686. The van der Waals surface area contributed by atoms with Gasteiger partial charge in [-0.15, -0.1) is 0 Å². The second kappa shape index (κ2) is 6.52. The standard InChI is InChI=1S/C13H17Cl2NO4S/c1-8(12(17)20-13(2,3)4)16-21(18,19)11-9(14)6-5-7-10(11)15/h5-8,16H,1-4H3/t8-/m0/s1. The minimum atomic E-state index is -4.04. The topological polar surface area (TPSA) is 72.5 Å². The summed E-state index contributed by atoms with van der Waals surface area (Å²) in [5, 5.41) is -0.0437. The molecule has 0 aromatic heterocycles. The van der Waals surface area contributed by atoms with Crippen LogP contribution in [0.4, 0.5) is 0 Å². The molecule has 0 radical (unpaired) electrons. The van der Waals surface area contributed by atoms with Crippen molar-refractivity contribution in [1.82, 2.24) is 4.72 Å². The number of nitrogens with one attached hydrogen (secondary N) is 1. The molecule has 8 heteroatoms. The molecule has 21 heavy (non-hydrogen) atoms. The van der Waals surface area contributed by atoms with Crippen LogP contribution in [0.3, 0.4) is 0 Å². The van der Waals surface area contributed by atoms with Gasteiger partial charge in [0.25, 0.3) is 0 Å². The second-order valence-electron chi connectivity index (χ2n) is 5.43. The minimum Gasteiger partial charge on any atom is -0.459 e. The van der Waals surface area contributed by atoms with Crippen LogP contribution in [-0.2, 0) is 19.6 Å². The summed E-state index contributed by atoms with van der Waals surface area (Å²) in [4.78, 5) is 11.6. The third-order valence-corrected chi connectivity index (χ3v) is 4.78. The molecule has 118 valence electrons. The van der Waals surface area contributed by atoms with Crippen LogP contribution in [0.1, 0.15) is 27.7 Å². The van der Waals surface area contributed by atoms with Crippen LogP contribution in [0.25, 0.3) is 0 Å². The number of rotatable bonds is 4. The molecule has 0 unspecified atom stereocenters. The van der Waals surface area contributed by atoms with Crippen molar-refractivity contribution in [2.45, 2.75) is 44.2 Å². The molecule has 1 atom stereocenters. The molecule has 0 spiro atoms. The maximum absolute atomic E-state index is 12.3. The average Bonchev–Trinajstić information content (AvgIpc) is 2.24. The van der Waals surface area contributed by atoms with Crippen molar-refractivity contribution in [2.75, 3.05) is 0 Å². The summed E-state index contributed by atoms with van der Waals surface area (Å²) >= 11 is 11.7. The fourth-order valence-electron chi connectivity index (χ4n) is 1.47. The monoisotopic (exact) mass is 353 g/mol. The van der Waals surface area contributed by atoms with E-state index >= 15 is 0 Å². The van der Waals surface area contributed by atoms with Crippen LogP contribution in [-0.4, -0.2) is 26.0 Å². The molecule has 1 aromatic carbocycles. The van der Waals surface area contributed by atoms with E-state index in [1.807, 2.05) is 0 Å². The molecule has 0 fully saturated rings. The molecule has 0 aliphatic rings. The van der Waals surface area contributed by atoms with E-state index in [1.165, 1.54) is 25.1 Å². The largest absolute Gasteiger partial charge is 0.459 e. The second-order valence-corrected chi connectivity index (χ2v) is 7.89. The lowest BCUT2D eigenvalue weighted by Gasteiger charge is -2.22. The summed E-state index contributed by atoms with van der Waals surface area (Å²) in [6.07, 6.45) is 0. The molecule has 0 saturated heterocycles. The van der Waals surface area contributed by atoms with E-state index in [0.29, 0.717) is 0 Å². The zero-order valence-electron chi connectivity index (χ0n) is 12.1. The van der Waals surface area contributed by atoms with Crippen molar-refractivity contribution in [2.24, 2.45) is 0 Å². The van der Waals surface area contributed by atoms with E-state index in [-0.39, 0.29) is 14.9 Å². The number of carbonyl (C=O) groups is 1. The van der Waals surface area contributed by atoms with Crippen LogP contribution >= 0.6 is 23.2 Å². The first-order chi connectivity index (χ1) is 9.44. The van der Waals surface area contributed by atoms with Gasteiger partial charge in [-0.1, -0.05) is 29.3 Å². The van der Waals surface area contributed by atoms with Crippen molar-refractivity contribution in [3.8, 4) is 0 Å². The zero-order chi connectivity index (χ0) is 16.4. The van der Waals surface area contributed by atoms with E-state index < -0.39 is 27.6 Å². The van der Waals surface area contributed by atoms with Crippen LogP contribution in [0.2, 0.25) is 10.0 Å². The summed E-state index contributed by atoms with van der Waals surface area (Å²) in [6.45, 7) is 6.46. The van der Waals surface area contributed by atoms with Gasteiger partial charge in [0.05, 0.1) is 10.0 Å². The highest BCUT2D eigenvalue weighted by Crippen LogP contribution is 2.29. The van der Waals surface area contributed by atoms with Gasteiger partial charge >= 0.3 is 5.97 Å². The first kappa shape index (κ1) is 18.2. The zero-order valence-corrected chi connectivity index (χ0v) is 14.4. The molecule has 0 saturated carbocycles. The number of esters is 1. The van der Waals surface area contributed by atoms with Crippen LogP contribution in [0.5, 0.6) is 0 Å². The Morgan fingerprint density at radius 3 is 2.14 bits per heavy atom. The molecule has 1 rings (SSSR count). The average molecular weight is 354 g/mol. The van der Waals surface area contributed by atoms with Crippen LogP contribution in [0.15, 0.2) is 23.1 Å². The number of sulfonamides is 1. The molecule has 0 heterocycles. The predicted octanol–water partition coefficient (Wildman–Crippen LogP) is 3.00. The number of hydrogen-bond acceptors (Lipinski definition) is 4. The Hall–Kier alpha value is -0.820. The third kappa shape index (κ3) is 5.14. The lowest BCUT2D eigenvalue weighted by Crippen LogP contribution is -2.42. The molecule has 1 aromatic rings. The lowest BCUT2D eigenvalue weighted by molar-refractivity contribution is -0.156. The van der Waals surface area contributed by atoms with Gasteiger partial charge in [0, 0.05) is 0 Å². The SMILES string of the molecule is C[C@H](NS(=O)(=O)c1c(Cl)cccc1Cl)C(=O)OC(C)(C)C. The third-order valence-electron chi connectivity index (χ3n) is 2.28. The first-order valence-corrected chi connectivity index (χ1v) is 8.37. The highest BCUT2D eigenvalue weighted by Gasteiger charge is 2.28. The first-order valence-electron chi connectivity index (χ1n) is 6.13. The van der Waals surface area contributed by atoms with Crippen molar-refractivity contribution >= 4 is 39.2 Å². The number of halogens is 2. The Kier molecular flexibility index (Phi) is 5.66.